The molecule has 2 unspecified atom stereocenters. The van der Waals surface area contributed by atoms with Crippen molar-refractivity contribution in [2.24, 2.45) is 0 Å². The fourth-order valence-electron chi connectivity index (χ4n) is 3.30. The van der Waals surface area contributed by atoms with Crippen LogP contribution in [-0.2, 0) is 4.79 Å². The van der Waals surface area contributed by atoms with E-state index in [-0.39, 0.29) is 6.04 Å². The first-order chi connectivity index (χ1) is 9.51. The van der Waals surface area contributed by atoms with Crippen molar-refractivity contribution in [3.63, 3.8) is 0 Å². The maximum Gasteiger partial charge on any atom is 0.328 e. The van der Waals surface area contributed by atoms with Crippen LogP contribution in [0.15, 0.2) is 0 Å². The third-order valence-corrected chi connectivity index (χ3v) is 4.46. The second-order valence-corrected chi connectivity index (χ2v) is 5.76. The molecule has 0 aromatic heterocycles. The van der Waals surface area contributed by atoms with Crippen molar-refractivity contribution in [2.75, 3.05) is 13.7 Å². The summed E-state index contributed by atoms with van der Waals surface area (Å²) >= 11 is 0. The first-order valence-electron chi connectivity index (χ1n) is 7.14. The molecular formula is C13H23N3O4. The quantitative estimate of drug-likeness (QED) is 0.570. The second-order valence-electron chi connectivity index (χ2n) is 5.76. The number of rotatable bonds is 4. The molecule has 0 aromatic carbocycles. The molecule has 2 saturated heterocycles. The Morgan fingerprint density at radius 1 is 1.30 bits per heavy atom. The molecule has 114 valence electrons. The summed E-state index contributed by atoms with van der Waals surface area (Å²) in [5.74, 6) is -1.23. The van der Waals surface area contributed by atoms with Crippen LogP contribution in [0.1, 0.15) is 32.1 Å². The Morgan fingerprint density at radius 2 is 1.90 bits per heavy atom. The van der Waals surface area contributed by atoms with Crippen LogP contribution in [0, 0.1) is 0 Å². The molecule has 4 N–H and O–H groups in total. The molecular weight excluding hydrogens is 262 g/mol. The van der Waals surface area contributed by atoms with Gasteiger partial charge in [0.15, 0.2) is 6.04 Å². The molecule has 2 bridgehead atoms. The van der Waals surface area contributed by atoms with Gasteiger partial charge in [-0.1, -0.05) is 6.42 Å². The van der Waals surface area contributed by atoms with E-state index >= 15 is 0 Å². The molecule has 0 aliphatic carbocycles. The number of amides is 2. The molecule has 20 heavy (non-hydrogen) atoms. The van der Waals surface area contributed by atoms with Crippen LogP contribution in [0.2, 0.25) is 0 Å². The Hall–Kier alpha value is -1.34. The highest BCUT2D eigenvalue weighted by molar-refractivity contribution is 5.82. The van der Waals surface area contributed by atoms with Crippen LogP contribution in [0.25, 0.3) is 0 Å². The van der Waals surface area contributed by atoms with Crippen LogP contribution in [-0.4, -0.2) is 64.9 Å². The third kappa shape index (κ3) is 3.40. The predicted octanol–water partition coefficient (Wildman–Crippen LogP) is -0.254. The summed E-state index contributed by atoms with van der Waals surface area (Å²) in [7, 11) is 2.14. The standard InChI is InChI=1S/C13H23N3O4/c1-16-9-3-2-4-10(16)6-8(5-9)14-13(20)15-11(7-17)12(18)19/h8-11,17H,2-7H2,1H3,(H,18,19)(H2,14,15,20)/t8?,9?,10?,11-/m0/s1. The van der Waals surface area contributed by atoms with Gasteiger partial charge in [-0.15, -0.1) is 0 Å². The number of carbonyl (C=O) groups excluding carboxylic acids is 1. The van der Waals surface area contributed by atoms with Gasteiger partial charge in [0.05, 0.1) is 6.61 Å². The van der Waals surface area contributed by atoms with Gasteiger partial charge >= 0.3 is 12.0 Å². The van der Waals surface area contributed by atoms with Gasteiger partial charge in [0.25, 0.3) is 0 Å². The van der Waals surface area contributed by atoms with Crippen molar-refractivity contribution in [3.05, 3.63) is 0 Å². The Kier molecular flexibility index (Phi) is 4.82. The zero-order chi connectivity index (χ0) is 14.7. The number of urea groups is 1. The molecule has 2 aliphatic heterocycles. The monoisotopic (exact) mass is 285 g/mol. The van der Waals surface area contributed by atoms with E-state index in [0.717, 1.165) is 25.7 Å². The summed E-state index contributed by atoms with van der Waals surface area (Å²) in [4.78, 5) is 24.9. The molecule has 0 radical (unpaired) electrons. The number of carboxylic acid groups (broad SMARTS) is 1. The number of carboxylic acids is 1. The molecule has 7 nitrogen and oxygen atoms in total. The number of aliphatic hydroxyl groups excluding tert-OH is 1. The number of fused-ring (bicyclic) bond motifs is 2. The second kappa shape index (κ2) is 6.41. The van der Waals surface area contributed by atoms with Crippen molar-refractivity contribution in [3.8, 4) is 0 Å². The first kappa shape index (κ1) is 15.1. The summed E-state index contributed by atoms with van der Waals surface area (Å²) in [5, 5.41) is 22.8. The molecule has 3 atom stereocenters. The van der Waals surface area contributed by atoms with Gasteiger partial charge in [-0.2, -0.15) is 0 Å². The van der Waals surface area contributed by atoms with E-state index in [4.69, 9.17) is 10.2 Å². The first-order valence-corrected chi connectivity index (χ1v) is 7.14. The Balaban J connectivity index is 1.84. The summed E-state index contributed by atoms with van der Waals surface area (Å²) in [6, 6.07) is -0.684. The van der Waals surface area contributed by atoms with Gasteiger partial charge in [-0.25, -0.2) is 9.59 Å². The topological polar surface area (TPSA) is 102 Å². The van der Waals surface area contributed by atoms with Crippen LogP contribution >= 0.6 is 0 Å². The van der Waals surface area contributed by atoms with E-state index in [1.807, 2.05) is 0 Å². The number of aliphatic hydroxyl groups is 1. The average molecular weight is 285 g/mol. The lowest BCUT2D eigenvalue weighted by Gasteiger charge is -2.47. The van der Waals surface area contributed by atoms with Crippen molar-refractivity contribution in [1.82, 2.24) is 15.5 Å². The van der Waals surface area contributed by atoms with Crippen molar-refractivity contribution >= 4 is 12.0 Å². The number of aliphatic carboxylic acids is 1. The number of piperidine rings is 2. The van der Waals surface area contributed by atoms with Gasteiger partial charge in [0.2, 0.25) is 0 Å². The lowest BCUT2D eigenvalue weighted by Crippen LogP contribution is -2.57. The zero-order valence-electron chi connectivity index (χ0n) is 11.7. The van der Waals surface area contributed by atoms with Crippen LogP contribution < -0.4 is 10.6 Å². The van der Waals surface area contributed by atoms with Crippen LogP contribution in [0.5, 0.6) is 0 Å². The molecule has 0 spiro atoms. The smallest absolute Gasteiger partial charge is 0.328 e. The Labute approximate surface area is 118 Å². The minimum Gasteiger partial charge on any atom is -0.480 e. The van der Waals surface area contributed by atoms with Crippen molar-refractivity contribution in [1.29, 1.82) is 0 Å². The maximum atomic E-state index is 11.8. The van der Waals surface area contributed by atoms with Gasteiger partial charge in [-0.3, -0.25) is 0 Å². The van der Waals surface area contributed by atoms with E-state index in [2.05, 4.69) is 22.6 Å². The zero-order valence-corrected chi connectivity index (χ0v) is 11.7. The molecule has 2 rings (SSSR count). The van der Waals surface area contributed by atoms with Crippen molar-refractivity contribution < 1.29 is 19.8 Å². The SMILES string of the molecule is CN1C2CCCC1CC(NC(=O)N[C@@H](CO)C(=O)O)C2. The number of carbonyl (C=O) groups is 2. The van der Waals surface area contributed by atoms with E-state index in [9.17, 15) is 9.59 Å². The number of nitrogens with zero attached hydrogens (tertiary/aromatic N) is 1. The van der Waals surface area contributed by atoms with Gasteiger partial charge < -0.3 is 25.7 Å². The van der Waals surface area contributed by atoms with Gasteiger partial charge in [0.1, 0.15) is 0 Å². The lowest BCUT2D eigenvalue weighted by molar-refractivity contribution is -0.140. The highest BCUT2D eigenvalue weighted by Gasteiger charge is 2.36. The van der Waals surface area contributed by atoms with Crippen molar-refractivity contribution in [2.45, 2.75) is 56.3 Å². The van der Waals surface area contributed by atoms with Crippen LogP contribution in [0.3, 0.4) is 0 Å². The number of hydrogen-bond acceptors (Lipinski definition) is 4. The molecule has 7 heteroatoms. The number of hydrogen-bond donors (Lipinski definition) is 4. The minimum atomic E-state index is -1.25. The van der Waals surface area contributed by atoms with E-state index in [1.165, 1.54) is 6.42 Å². The minimum absolute atomic E-state index is 0.0784. The van der Waals surface area contributed by atoms with E-state index < -0.39 is 24.6 Å². The maximum absolute atomic E-state index is 11.8. The summed E-state index contributed by atoms with van der Waals surface area (Å²) in [6.07, 6.45) is 5.35. The highest BCUT2D eigenvalue weighted by Crippen LogP contribution is 2.32. The summed E-state index contributed by atoms with van der Waals surface area (Å²) in [6.45, 7) is -0.610. The van der Waals surface area contributed by atoms with Crippen LogP contribution in [0.4, 0.5) is 4.79 Å². The fourth-order valence-corrected chi connectivity index (χ4v) is 3.30. The van der Waals surface area contributed by atoms with Gasteiger partial charge in [-0.05, 0) is 32.7 Å². The summed E-state index contributed by atoms with van der Waals surface area (Å²) in [5.41, 5.74) is 0. The normalized spacial score (nSPS) is 31.4. The molecule has 0 aromatic rings. The largest absolute Gasteiger partial charge is 0.480 e. The molecule has 2 amide bonds. The predicted molar refractivity (Wildman–Crippen MR) is 72.4 cm³/mol. The molecule has 2 aliphatic rings. The average Bonchev–Trinajstić information content (AvgIpc) is 2.37. The number of nitrogens with one attached hydrogen (secondary N) is 2. The molecule has 2 fully saturated rings. The highest BCUT2D eigenvalue weighted by atomic mass is 16.4. The Morgan fingerprint density at radius 3 is 2.40 bits per heavy atom. The van der Waals surface area contributed by atoms with Gasteiger partial charge in [0, 0.05) is 18.1 Å². The molecule has 2 heterocycles. The van der Waals surface area contributed by atoms with E-state index in [1.54, 1.807) is 0 Å². The third-order valence-electron chi connectivity index (χ3n) is 4.46. The summed E-state index contributed by atoms with van der Waals surface area (Å²) < 4.78 is 0. The lowest BCUT2D eigenvalue weighted by atomic mass is 9.82. The molecule has 0 saturated carbocycles. The fraction of sp³-hybridized carbons (Fsp3) is 0.846. The Bertz CT molecular complexity index is 363. The van der Waals surface area contributed by atoms with E-state index in [0.29, 0.717) is 12.1 Å².